The molecule has 1 aliphatic carbocycles. The summed E-state index contributed by atoms with van der Waals surface area (Å²) in [7, 11) is 0. The number of benzene rings is 3. The smallest absolute Gasteiger partial charge is 0.264 e. The molecule has 222 valence electrons. The number of aryl methyl sites for hydroxylation is 2. The fourth-order valence-corrected chi connectivity index (χ4v) is 6.84. The molecule has 3 aromatic carbocycles. The number of rotatable bonds is 5. The van der Waals surface area contributed by atoms with Crippen molar-refractivity contribution in [3.05, 3.63) is 105 Å². The van der Waals surface area contributed by atoms with Crippen molar-refractivity contribution in [3.8, 4) is 0 Å². The van der Waals surface area contributed by atoms with Gasteiger partial charge in [-0.1, -0.05) is 80.8 Å². The van der Waals surface area contributed by atoms with Crippen LogP contribution < -0.4 is 4.90 Å². The highest BCUT2D eigenvalue weighted by atomic mass is 79.9. The number of hydrogen-bond donors (Lipinski definition) is 0. The summed E-state index contributed by atoms with van der Waals surface area (Å²) in [5.41, 5.74) is 6.99. The minimum atomic E-state index is -0.983. The van der Waals surface area contributed by atoms with Gasteiger partial charge in [0, 0.05) is 10.4 Å². The number of nitrogens with zero attached hydrogens (tertiary/aromatic N) is 6. The maximum Gasteiger partial charge on any atom is 0.264 e. The van der Waals surface area contributed by atoms with Gasteiger partial charge in [-0.3, -0.25) is 19.4 Å². The normalized spacial score (nSPS) is 25.1. The van der Waals surface area contributed by atoms with Crippen molar-refractivity contribution in [2.45, 2.75) is 51.2 Å². The summed E-state index contributed by atoms with van der Waals surface area (Å²) >= 11 is 3.39. The molecule has 7 rings (SSSR count). The van der Waals surface area contributed by atoms with Crippen LogP contribution in [-0.4, -0.2) is 52.1 Å². The Kier molecular flexibility index (Phi) is 7.24. The fraction of sp³-hybridized carbons (Fsp3) is 0.294. The van der Waals surface area contributed by atoms with Crippen molar-refractivity contribution in [2.75, 3.05) is 11.4 Å². The van der Waals surface area contributed by atoms with E-state index in [4.69, 9.17) is 5.10 Å². The van der Waals surface area contributed by atoms with Gasteiger partial charge in [0.05, 0.1) is 17.4 Å². The number of anilines is 1. The first-order valence-electron chi connectivity index (χ1n) is 14.8. The zero-order valence-corrected chi connectivity index (χ0v) is 26.0. The summed E-state index contributed by atoms with van der Waals surface area (Å²) < 4.78 is 0.834. The number of allylic oxidation sites excluding steroid dienone is 1. The lowest BCUT2D eigenvalue weighted by Crippen LogP contribution is -2.45. The first-order valence-corrected chi connectivity index (χ1v) is 15.6. The van der Waals surface area contributed by atoms with Crippen molar-refractivity contribution in [2.24, 2.45) is 21.4 Å². The Morgan fingerprint density at radius 2 is 1.59 bits per heavy atom. The summed E-state index contributed by atoms with van der Waals surface area (Å²) in [5.74, 6) is -1.14. The molecule has 0 N–H and O–H groups in total. The third-order valence-corrected chi connectivity index (χ3v) is 9.36. The molecular weight excluding hydrogens is 620 g/mol. The average Bonchev–Trinajstić information content (AvgIpc) is 3.69. The van der Waals surface area contributed by atoms with Gasteiger partial charge >= 0.3 is 0 Å². The molecule has 0 aromatic heterocycles. The maximum atomic E-state index is 14.1. The lowest BCUT2D eigenvalue weighted by atomic mass is 9.77. The Balaban J connectivity index is 1.18. The van der Waals surface area contributed by atoms with Gasteiger partial charge in [-0.15, -0.1) is 0 Å². The van der Waals surface area contributed by atoms with Gasteiger partial charge in [0.15, 0.2) is 12.1 Å². The lowest BCUT2D eigenvalue weighted by Gasteiger charge is -2.30. The molecule has 2 fully saturated rings. The van der Waals surface area contributed by atoms with E-state index in [0.717, 1.165) is 56.6 Å². The van der Waals surface area contributed by atoms with Crippen LogP contribution in [0.3, 0.4) is 0 Å². The van der Waals surface area contributed by atoms with Crippen molar-refractivity contribution < 1.29 is 14.4 Å². The second-order valence-electron chi connectivity index (χ2n) is 11.8. The number of fused-ring (bicyclic) bond motifs is 2. The summed E-state index contributed by atoms with van der Waals surface area (Å²) in [6.07, 6.45) is 4.98. The molecule has 4 atom stereocenters. The van der Waals surface area contributed by atoms with Crippen LogP contribution in [0.1, 0.15) is 47.6 Å². The third-order valence-electron chi connectivity index (χ3n) is 8.83. The third kappa shape index (κ3) is 4.96. The molecule has 0 radical (unpaired) electrons. The summed E-state index contributed by atoms with van der Waals surface area (Å²) in [4.78, 5) is 42.0. The van der Waals surface area contributed by atoms with Crippen molar-refractivity contribution >= 4 is 51.1 Å². The van der Waals surface area contributed by atoms with Crippen LogP contribution in [0.2, 0.25) is 0 Å². The minimum Gasteiger partial charge on any atom is -0.271 e. The Labute approximate surface area is 264 Å². The van der Waals surface area contributed by atoms with Crippen LogP contribution in [0.15, 0.2) is 98.3 Å². The van der Waals surface area contributed by atoms with Gasteiger partial charge in [0.2, 0.25) is 0 Å². The first-order chi connectivity index (χ1) is 21.3. The molecule has 3 aliphatic heterocycles. The molecule has 10 heteroatoms. The molecule has 4 aliphatic rings. The molecule has 44 heavy (non-hydrogen) atoms. The number of amides is 3. The van der Waals surface area contributed by atoms with Crippen molar-refractivity contribution in [3.63, 3.8) is 0 Å². The largest absolute Gasteiger partial charge is 0.271 e. The molecule has 3 heterocycles. The molecule has 0 spiro atoms. The van der Waals surface area contributed by atoms with Crippen LogP contribution in [0.25, 0.3) is 6.08 Å². The molecule has 1 saturated heterocycles. The van der Waals surface area contributed by atoms with Gasteiger partial charge in [0.1, 0.15) is 6.54 Å². The molecule has 0 unspecified atom stereocenters. The zero-order chi connectivity index (χ0) is 30.5. The average molecular weight is 652 g/mol. The van der Waals surface area contributed by atoms with E-state index in [2.05, 4.69) is 87.8 Å². The SMILES string of the molecule is Cc1ccc(/C=C2/CCC[C@@H]3C2=NN(C(=O)CN2N=N[C@@H]4C(=O)N(c5ccc(Br)cc5)C(=O)[C@H]42)[C@H]3c2ccc(C)cc2)cc1. The predicted octanol–water partition coefficient (Wildman–Crippen LogP) is 6.18. The number of hydrogen-bond acceptors (Lipinski definition) is 7. The van der Waals surface area contributed by atoms with E-state index in [9.17, 15) is 14.4 Å². The summed E-state index contributed by atoms with van der Waals surface area (Å²) in [5, 5.41) is 16.2. The van der Waals surface area contributed by atoms with Crippen LogP contribution in [0, 0.1) is 19.8 Å². The van der Waals surface area contributed by atoms with E-state index >= 15 is 0 Å². The quantitative estimate of drug-likeness (QED) is 0.308. The highest BCUT2D eigenvalue weighted by Gasteiger charge is 2.55. The van der Waals surface area contributed by atoms with Crippen LogP contribution in [0.5, 0.6) is 0 Å². The predicted molar refractivity (Wildman–Crippen MR) is 170 cm³/mol. The number of imide groups is 1. The highest BCUT2D eigenvalue weighted by molar-refractivity contribution is 9.10. The summed E-state index contributed by atoms with van der Waals surface area (Å²) in [6, 6.07) is 21.3. The second-order valence-corrected chi connectivity index (χ2v) is 12.8. The second kappa shape index (κ2) is 11.2. The number of carbonyl (C=O) groups is 3. The van der Waals surface area contributed by atoms with Gasteiger partial charge in [0.25, 0.3) is 17.7 Å². The van der Waals surface area contributed by atoms with Gasteiger partial charge in [-0.2, -0.15) is 10.2 Å². The van der Waals surface area contributed by atoms with E-state index in [1.165, 1.54) is 10.6 Å². The minimum absolute atomic E-state index is 0.0441. The standard InChI is InChI=1S/C34H31BrN6O3/c1-20-6-10-22(11-7-20)18-24-4-3-5-27-29(24)37-41(31(27)23-12-8-21(2)9-13-23)28(42)19-39-32-30(36-38-39)33(43)40(34(32)44)26-16-14-25(35)15-17-26/h6-18,27,30-32H,3-5,19H2,1-2H3/b24-18-/t27-,30+,31+,32+/m1/s1. The first kappa shape index (κ1) is 28.3. The van der Waals surface area contributed by atoms with Gasteiger partial charge in [-0.25, -0.2) is 9.91 Å². The number of hydrazone groups is 1. The van der Waals surface area contributed by atoms with Crippen molar-refractivity contribution in [1.82, 2.24) is 10.0 Å². The van der Waals surface area contributed by atoms with E-state index in [0.29, 0.717) is 5.69 Å². The maximum absolute atomic E-state index is 14.1. The summed E-state index contributed by atoms with van der Waals surface area (Å²) in [6.45, 7) is 3.89. The molecular formula is C34H31BrN6O3. The van der Waals surface area contributed by atoms with E-state index in [1.54, 1.807) is 29.3 Å². The molecule has 1 saturated carbocycles. The molecule has 0 bridgehead atoms. The van der Waals surface area contributed by atoms with Gasteiger partial charge in [-0.05, 0) is 80.2 Å². The fourth-order valence-electron chi connectivity index (χ4n) is 6.58. The molecule has 3 aromatic rings. The monoisotopic (exact) mass is 650 g/mol. The van der Waals surface area contributed by atoms with Gasteiger partial charge < -0.3 is 0 Å². The number of halogens is 1. The Morgan fingerprint density at radius 3 is 2.30 bits per heavy atom. The highest BCUT2D eigenvalue weighted by Crippen LogP contribution is 2.45. The Bertz CT molecular complexity index is 1730. The van der Waals surface area contributed by atoms with E-state index in [1.807, 2.05) is 6.92 Å². The van der Waals surface area contributed by atoms with Crippen LogP contribution in [-0.2, 0) is 14.4 Å². The Hall–Kier alpha value is -4.44. The van der Waals surface area contributed by atoms with Crippen LogP contribution in [0.4, 0.5) is 5.69 Å². The topological polar surface area (TPSA) is 98.0 Å². The van der Waals surface area contributed by atoms with Crippen LogP contribution >= 0.6 is 15.9 Å². The zero-order valence-electron chi connectivity index (χ0n) is 24.4. The Morgan fingerprint density at radius 1 is 0.909 bits per heavy atom. The van der Waals surface area contributed by atoms with E-state index < -0.39 is 23.9 Å². The van der Waals surface area contributed by atoms with Crippen molar-refractivity contribution in [1.29, 1.82) is 0 Å². The lowest BCUT2D eigenvalue weighted by molar-refractivity contribution is -0.136. The molecule has 3 amide bonds. The number of carbonyl (C=O) groups excluding carboxylic acids is 3. The van der Waals surface area contributed by atoms with E-state index in [-0.39, 0.29) is 24.4 Å². The molecule has 9 nitrogen and oxygen atoms in total.